The van der Waals surface area contributed by atoms with E-state index in [1.807, 2.05) is 0 Å². The van der Waals surface area contributed by atoms with E-state index in [1.54, 1.807) is 0 Å². The fraction of sp³-hybridized carbons (Fsp3) is 0.667. The minimum absolute atomic E-state index is 0.0363. The maximum absolute atomic E-state index is 12.4. The van der Waals surface area contributed by atoms with E-state index in [9.17, 15) is 4.79 Å². The number of allylic oxidation sites excluding steroid dienone is 3. The first-order chi connectivity index (χ1) is 7.53. The summed E-state index contributed by atoms with van der Waals surface area (Å²) in [6, 6.07) is 0. The van der Waals surface area contributed by atoms with E-state index in [1.165, 1.54) is 18.4 Å². The highest BCUT2D eigenvalue weighted by molar-refractivity contribution is 5.87. The van der Waals surface area contributed by atoms with E-state index in [0.29, 0.717) is 29.5 Å². The predicted octanol–water partition coefficient (Wildman–Crippen LogP) is 3.37. The Morgan fingerprint density at radius 3 is 2.88 bits per heavy atom. The first-order valence-corrected chi connectivity index (χ1v) is 6.40. The van der Waals surface area contributed by atoms with Crippen molar-refractivity contribution in [2.45, 2.75) is 33.1 Å². The van der Waals surface area contributed by atoms with E-state index in [2.05, 4.69) is 32.6 Å². The molecule has 3 rings (SSSR count). The zero-order valence-electron chi connectivity index (χ0n) is 10.2. The smallest absolute Gasteiger partial charge is 0.140 e. The molecule has 0 aromatic heterocycles. The number of fused-ring (bicyclic) bond motifs is 5. The van der Waals surface area contributed by atoms with Gasteiger partial charge in [-0.2, -0.15) is 0 Å². The van der Waals surface area contributed by atoms with Crippen molar-refractivity contribution in [1.29, 1.82) is 0 Å². The van der Waals surface area contributed by atoms with Gasteiger partial charge in [-0.1, -0.05) is 31.2 Å². The van der Waals surface area contributed by atoms with Gasteiger partial charge in [0.2, 0.25) is 0 Å². The molecule has 3 aliphatic carbocycles. The second kappa shape index (κ2) is 3.09. The van der Waals surface area contributed by atoms with Crippen LogP contribution in [0.15, 0.2) is 24.3 Å². The lowest BCUT2D eigenvalue weighted by Crippen LogP contribution is -2.45. The monoisotopic (exact) mass is 216 g/mol. The molecule has 0 aromatic rings. The number of Topliss-reactive ketones (excluding diaryl/α,β-unsaturated/α-hetero) is 1. The zero-order valence-corrected chi connectivity index (χ0v) is 10.2. The highest BCUT2D eigenvalue weighted by atomic mass is 16.1. The van der Waals surface area contributed by atoms with E-state index < -0.39 is 0 Å². The zero-order chi connectivity index (χ0) is 11.5. The molecular weight excluding hydrogens is 196 g/mol. The molecule has 1 nitrogen and oxygen atoms in total. The van der Waals surface area contributed by atoms with Crippen molar-refractivity contribution in [2.24, 2.45) is 29.1 Å². The molecule has 0 spiro atoms. The average molecular weight is 216 g/mol. The Labute approximate surface area is 97.6 Å². The van der Waals surface area contributed by atoms with E-state index in [4.69, 9.17) is 0 Å². The number of hydrogen-bond acceptors (Lipinski definition) is 1. The standard InChI is InChI=1S/C15H20O/c1-9(2)11-7-13-10-4-5-12(6-10)15(13,3)14(16)8-11/h4-5,10-13H,1,6-8H2,2-3H3/t10-,11+,12+,13-,15+/m0/s1. The van der Waals surface area contributed by atoms with Gasteiger partial charge in [-0.25, -0.2) is 0 Å². The van der Waals surface area contributed by atoms with Crippen LogP contribution < -0.4 is 0 Å². The summed E-state index contributed by atoms with van der Waals surface area (Å²) in [5.41, 5.74) is 1.16. The second-order valence-corrected chi connectivity index (χ2v) is 6.19. The van der Waals surface area contributed by atoms with Crippen LogP contribution in [0.5, 0.6) is 0 Å². The summed E-state index contributed by atoms with van der Waals surface area (Å²) in [5, 5.41) is 0. The van der Waals surface area contributed by atoms with Gasteiger partial charge >= 0.3 is 0 Å². The maximum atomic E-state index is 12.4. The number of carbonyl (C=O) groups is 1. The fourth-order valence-corrected chi connectivity index (χ4v) is 4.23. The molecule has 2 bridgehead atoms. The van der Waals surface area contributed by atoms with Gasteiger partial charge in [0.1, 0.15) is 5.78 Å². The van der Waals surface area contributed by atoms with Crippen LogP contribution in [-0.4, -0.2) is 5.78 Å². The summed E-state index contributed by atoms with van der Waals surface area (Å²) in [7, 11) is 0. The van der Waals surface area contributed by atoms with Gasteiger partial charge in [0, 0.05) is 11.8 Å². The van der Waals surface area contributed by atoms with Crippen molar-refractivity contribution in [2.75, 3.05) is 0 Å². The van der Waals surface area contributed by atoms with Crippen molar-refractivity contribution >= 4 is 5.78 Å². The topological polar surface area (TPSA) is 17.1 Å². The van der Waals surface area contributed by atoms with Crippen LogP contribution in [-0.2, 0) is 4.79 Å². The Balaban J connectivity index is 1.96. The predicted molar refractivity (Wildman–Crippen MR) is 64.9 cm³/mol. The Kier molecular flexibility index (Phi) is 1.99. The quantitative estimate of drug-likeness (QED) is 0.614. The summed E-state index contributed by atoms with van der Waals surface area (Å²) in [6.07, 6.45) is 7.78. The molecule has 0 saturated heterocycles. The Morgan fingerprint density at radius 1 is 1.44 bits per heavy atom. The molecule has 0 unspecified atom stereocenters. The molecule has 0 N–H and O–H groups in total. The van der Waals surface area contributed by atoms with Gasteiger partial charge in [-0.05, 0) is 43.4 Å². The fourth-order valence-electron chi connectivity index (χ4n) is 4.23. The molecule has 3 aliphatic rings. The first-order valence-electron chi connectivity index (χ1n) is 6.40. The molecule has 0 heterocycles. The van der Waals surface area contributed by atoms with Gasteiger partial charge in [0.15, 0.2) is 0 Å². The van der Waals surface area contributed by atoms with Crippen molar-refractivity contribution in [3.8, 4) is 0 Å². The van der Waals surface area contributed by atoms with Crippen LogP contribution in [0, 0.1) is 29.1 Å². The summed E-state index contributed by atoms with van der Waals surface area (Å²) >= 11 is 0. The maximum Gasteiger partial charge on any atom is 0.140 e. The Hall–Kier alpha value is -0.850. The molecule has 1 heteroatoms. The number of ketones is 1. The minimum atomic E-state index is -0.0363. The van der Waals surface area contributed by atoms with Gasteiger partial charge in [0.25, 0.3) is 0 Å². The third-order valence-corrected chi connectivity index (χ3v) is 5.44. The van der Waals surface area contributed by atoms with E-state index in [0.717, 1.165) is 6.42 Å². The molecule has 0 aliphatic heterocycles. The lowest BCUT2D eigenvalue weighted by Gasteiger charge is -2.44. The van der Waals surface area contributed by atoms with E-state index in [-0.39, 0.29) is 5.41 Å². The highest BCUT2D eigenvalue weighted by Crippen LogP contribution is 2.61. The minimum Gasteiger partial charge on any atom is -0.299 e. The molecule has 0 aromatic carbocycles. The lowest BCUT2D eigenvalue weighted by atomic mass is 9.58. The number of rotatable bonds is 1. The lowest BCUT2D eigenvalue weighted by molar-refractivity contribution is -0.136. The van der Waals surface area contributed by atoms with Crippen molar-refractivity contribution < 1.29 is 4.79 Å². The largest absolute Gasteiger partial charge is 0.299 e. The Bertz CT molecular complexity index is 392. The normalized spacial score (nSPS) is 49.5. The molecule has 0 radical (unpaired) electrons. The summed E-state index contributed by atoms with van der Waals surface area (Å²) in [6.45, 7) is 8.33. The molecule has 2 saturated carbocycles. The van der Waals surface area contributed by atoms with Gasteiger partial charge in [-0.3, -0.25) is 4.79 Å². The van der Waals surface area contributed by atoms with Crippen LogP contribution in [0.25, 0.3) is 0 Å². The number of hydrogen-bond donors (Lipinski definition) is 0. The van der Waals surface area contributed by atoms with Crippen molar-refractivity contribution in [1.82, 2.24) is 0 Å². The molecule has 16 heavy (non-hydrogen) atoms. The second-order valence-electron chi connectivity index (χ2n) is 6.19. The summed E-state index contributed by atoms with van der Waals surface area (Å²) in [4.78, 5) is 12.4. The van der Waals surface area contributed by atoms with Crippen LogP contribution >= 0.6 is 0 Å². The SMILES string of the molecule is C=C(C)[C@H]1CC(=O)[C@]2(C)[C@@H]3C=C[C@@H](C3)[C@@H]2C1. The molecule has 0 amide bonds. The van der Waals surface area contributed by atoms with E-state index >= 15 is 0 Å². The van der Waals surface area contributed by atoms with Gasteiger partial charge in [-0.15, -0.1) is 0 Å². The summed E-state index contributed by atoms with van der Waals surface area (Å²) < 4.78 is 0. The van der Waals surface area contributed by atoms with Crippen molar-refractivity contribution in [3.05, 3.63) is 24.3 Å². The van der Waals surface area contributed by atoms with Crippen LogP contribution in [0.3, 0.4) is 0 Å². The Morgan fingerprint density at radius 2 is 2.19 bits per heavy atom. The van der Waals surface area contributed by atoms with Crippen LogP contribution in [0.4, 0.5) is 0 Å². The molecular formula is C15H20O. The highest BCUT2D eigenvalue weighted by Gasteiger charge is 2.59. The van der Waals surface area contributed by atoms with Gasteiger partial charge < -0.3 is 0 Å². The first kappa shape index (κ1) is 10.3. The third-order valence-electron chi connectivity index (χ3n) is 5.44. The molecule has 2 fully saturated rings. The van der Waals surface area contributed by atoms with Crippen LogP contribution in [0.1, 0.15) is 33.1 Å². The molecule has 86 valence electrons. The summed E-state index contributed by atoms with van der Waals surface area (Å²) in [5.74, 6) is 2.72. The average Bonchev–Trinajstić information content (AvgIpc) is 2.79. The third kappa shape index (κ3) is 1.09. The van der Waals surface area contributed by atoms with Gasteiger partial charge in [0.05, 0.1) is 0 Å². The van der Waals surface area contributed by atoms with Crippen LogP contribution in [0.2, 0.25) is 0 Å². The number of carbonyl (C=O) groups excluding carboxylic acids is 1. The van der Waals surface area contributed by atoms with Crippen molar-refractivity contribution in [3.63, 3.8) is 0 Å². The molecule has 5 atom stereocenters.